The first kappa shape index (κ1) is 9.85. The quantitative estimate of drug-likeness (QED) is 0.683. The van der Waals surface area contributed by atoms with Gasteiger partial charge in [-0.2, -0.15) is 5.21 Å². The third-order valence-electron chi connectivity index (χ3n) is 1.68. The molecule has 1 N–H and O–H groups in total. The van der Waals surface area contributed by atoms with E-state index in [-0.39, 0.29) is 10.7 Å². The van der Waals surface area contributed by atoms with Crippen molar-refractivity contribution in [2.45, 2.75) is 13.0 Å². The van der Waals surface area contributed by atoms with Gasteiger partial charge in [0.2, 0.25) is 10.7 Å². The van der Waals surface area contributed by atoms with Crippen LogP contribution in [0.2, 0.25) is 0 Å². The molecule has 0 aliphatic rings. The number of nitrogens with zero attached hydrogens (tertiary/aromatic N) is 4. The first-order valence-electron chi connectivity index (χ1n) is 3.74. The van der Waals surface area contributed by atoms with Gasteiger partial charge in [-0.05, 0) is 19.1 Å². The zero-order chi connectivity index (χ0) is 10.0. The average Bonchev–Trinajstić information content (AvgIpc) is 2.48. The van der Waals surface area contributed by atoms with Gasteiger partial charge in [0, 0.05) is 14.1 Å². The van der Waals surface area contributed by atoms with Crippen molar-refractivity contribution < 1.29 is 4.79 Å². The van der Waals surface area contributed by atoms with E-state index in [1.54, 1.807) is 21.0 Å². The maximum Gasteiger partial charge on any atom is 0.246 e. The summed E-state index contributed by atoms with van der Waals surface area (Å²) < 4.78 is 1.72. The highest BCUT2D eigenvalue weighted by Gasteiger charge is 2.17. The number of rotatable bonds is 2. The Hall–Kier alpha value is -1.24. The van der Waals surface area contributed by atoms with Crippen LogP contribution in [0.4, 0.5) is 0 Å². The molecule has 1 aromatic heterocycles. The van der Waals surface area contributed by atoms with Crippen LogP contribution in [0.5, 0.6) is 0 Å². The number of likely N-dealkylation sites (N-methyl/N-ethyl adjacent to an activating group) is 1. The monoisotopic (exact) mass is 201 g/mol. The van der Waals surface area contributed by atoms with Crippen LogP contribution in [0.1, 0.15) is 13.0 Å². The molecule has 0 bridgehead atoms. The predicted octanol–water partition coefficient (Wildman–Crippen LogP) is -0.0151. The summed E-state index contributed by atoms with van der Waals surface area (Å²) in [5.74, 6) is -0.0536. The number of H-pyrrole nitrogens is 1. The lowest BCUT2D eigenvalue weighted by molar-refractivity contribution is -0.132. The minimum absolute atomic E-state index is 0.0536. The molecular formula is C6H11N5OS. The van der Waals surface area contributed by atoms with Gasteiger partial charge in [-0.1, -0.05) is 10.3 Å². The second-order valence-electron chi connectivity index (χ2n) is 2.86. The number of carbonyl (C=O) groups excluding carboxylic acids is 1. The minimum Gasteiger partial charge on any atom is -0.347 e. The number of aromatic amines is 1. The summed E-state index contributed by atoms with van der Waals surface area (Å²) in [7, 11) is 3.37. The highest BCUT2D eigenvalue weighted by Crippen LogP contribution is 2.05. The molecule has 0 aliphatic heterocycles. The topological polar surface area (TPSA) is 66.8 Å². The van der Waals surface area contributed by atoms with Crippen LogP contribution in [0.3, 0.4) is 0 Å². The smallest absolute Gasteiger partial charge is 0.246 e. The highest BCUT2D eigenvalue weighted by atomic mass is 32.1. The molecule has 7 heteroatoms. The molecule has 0 saturated carbocycles. The molecule has 0 fully saturated rings. The number of tetrazole rings is 1. The van der Waals surface area contributed by atoms with Gasteiger partial charge in [-0.25, -0.2) is 4.68 Å². The first-order chi connectivity index (χ1) is 6.04. The molecule has 13 heavy (non-hydrogen) atoms. The van der Waals surface area contributed by atoms with E-state index in [0.717, 1.165) is 0 Å². The Morgan fingerprint density at radius 2 is 2.31 bits per heavy atom. The maximum absolute atomic E-state index is 11.5. The van der Waals surface area contributed by atoms with Crippen LogP contribution in [-0.2, 0) is 4.79 Å². The van der Waals surface area contributed by atoms with Gasteiger partial charge < -0.3 is 4.90 Å². The van der Waals surface area contributed by atoms with Gasteiger partial charge in [-0.3, -0.25) is 4.79 Å². The van der Waals surface area contributed by atoms with Crippen molar-refractivity contribution in [3.63, 3.8) is 0 Å². The number of nitrogens with one attached hydrogen (secondary N) is 1. The van der Waals surface area contributed by atoms with Crippen molar-refractivity contribution >= 4 is 18.1 Å². The van der Waals surface area contributed by atoms with Gasteiger partial charge in [0.25, 0.3) is 0 Å². The first-order valence-corrected chi connectivity index (χ1v) is 4.15. The third-order valence-corrected chi connectivity index (χ3v) is 1.96. The number of aromatic nitrogens is 4. The summed E-state index contributed by atoms with van der Waals surface area (Å²) in [6.45, 7) is 1.73. The molecule has 1 amide bonds. The number of carbonyl (C=O) groups is 1. The number of amides is 1. The zero-order valence-electron chi connectivity index (χ0n) is 7.68. The summed E-state index contributed by atoms with van der Waals surface area (Å²) >= 11 is 4.85. The van der Waals surface area contributed by atoms with Crippen molar-refractivity contribution in [1.29, 1.82) is 0 Å². The Morgan fingerprint density at radius 3 is 2.69 bits per heavy atom. The van der Waals surface area contributed by atoms with Crippen molar-refractivity contribution in [1.82, 2.24) is 25.1 Å². The zero-order valence-corrected chi connectivity index (χ0v) is 8.50. The normalized spacial score (nSPS) is 12.5. The summed E-state index contributed by atoms with van der Waals surface area (Å²) in [5, 5.41) is 9.62. The van der Waals surface area contributed by atoms with Crippen LogP contribution in [0, 0.1) is 4.77 Å². The number of hydrogen-bond donors (Lipinski definition) is 1. The van der Waals surface area contributed by atoms with Gasteiger partial charge in [0.15, 0.2) is 0 Å². The van der Waals surface area contributed by atoms with E-state index < -0.39 is 6.04 Å². The van der Waals surface area contributed by atoms with Crippen LogP contribution < -0.4 is 0 Å². The largest absolute Gasteiger partial charge is 0.347 e. The average molecular weight is 201 g/mol. The molecular weight excluding hydrogens is 190 g/mol. The van der Waals surface area contributed by atoms with E-state index in [9.17, 15) is 4.79 Å². The number of hydrogen-bond acceptors (Lipinski definition) is 4. The fourth-order valence-electron chi connectivity index (χ4n) is 0.941. The summed E-state index contributed by atoms with van der Waals surface area (Å²) in [6, 6.07) is -0.391. The summed E-state index contributed by atoms with van der Waals surface area (Å²) in [5.41, 5.74) is 0. The van der Waals surface area contributed by atoms with Gasteiger partial charge in [0.1, 0.15) is 6.04 Å². The van der Waals surface area contributed by atoms with Gasteiger partial charge in [-0.15, -0.1) is 0 Å². The van der Waals surface area contributed by atoms with Crippen LogP contribution in [0.25, 0.3) is 0 Å². The van der Waals surface area contributed by atoms with Crippen LogP contribution in [0.15, 0.2) is 0 Å². The lowest BCUT2D eigenvalue weighted by Crippen LogP contribution is -2.30. The van der Waals surface area contributed by atoms with E-state index in [1.807, 2.05) is 0 Å². The predicted molar refractivity (Wildman–Crippen MR) is 48.6 cm³/mol. The SMILES string of the molecule is CC(C(=O)N(C)C)n1[nH]nnc1=S. The highest BCUT2D eigenvalue weighted by molar-refractivity contribution is 7.71. The fourth-order valence-corrected chi connectivity index (χ4v) is 1.18. The van der Waals surface area contributed by atoms with E-state index in [4.69, 9.17) is 12.2 Å². The molecule has 0 spiro atoms. The van der Waals surface area contributed by atoms with Crippen molar-refractivity contribution in [3.05, 3.63) is 4.77 Å². The molecule has 1 aromatic rings. The Kier molecular flexibility index (Phi) is 2.76. The summed E-state index contributed by atoms with van der Waals surface area (Å²) in [4.78, 5) is 13.0. The molecule has 0 radical (unpaired) electrons. The molecule has 1 unspecified atom stereocenters. The molecule has 0 aromatic carbocycles. The Bertz CT molecular complexity index is 354. The molecule has 1 heterocycles. The maximum atomic E-state index is 11.5. The van der Waals surface area contributed by atoms with Crippen molar-refractivity contribution in [3.8, 4) is 0 Å². The van der Waals surface area contributed by atoms with Crippen molar-refractivity contribution in [2.24, 2.45) is 0 Å². The standard InChI is InChI=1S/C6H11N5OS/c1-4(5(12)10(2)3)11-6(13)7-8-9-11/h4H,1-3H3,(H,7,9,13). The van der Waals surface area contributed by atoms with E-state index in [0.29, 0.717) is 0 Å². The summed E-state index contributed by atoms with van der Waals surface area (Å²) in [6.07, 6.45) is 0. The molecule has 72 valence electrons. The molecule has 1 rings (SSSR count). The van der Waals surface area contributed by atoms with E-state index in [2.05, 4.69) is 15.5 Å². The van der Waals surface area contributed by atoms with Gasteiger partial charge in [0.05, 0.1) is 0 Å². The molecule has 6 nitrogen and oxygen atoms in total. The van der Waals surface area contributed by atoms with Gasteiger partial charge >= 0.3 is 0 Å². The van der Waals surface area contributed by atoms with E-state index >= 15 is 0 Å². The third kappa shape index (κ3) is 1.92. The molecule has 0 aliphatic carbocycles. The second-order valence-corrected chi connectivity index (χ2v) is 3.23. The Morgan fingerprint density at radius 1 is 1.69 bits per heavy atom. The Balaban J connectivity index is 2.92. The minimum atomic E-state index is -0.391. The second kappa shape index (κ2) is 3.65. The lowest BCUT2D eigenvalue weighted by Gasteiger charge is -2.16. The van der Waals surface area contributed by atoms with Crippen LogP contribution in [-0.4, -0.2) is 45.1 Å². The lowest BCUT2D eigenvalue weighted by atomic mass is 10.3. The van der Waals surface area contributed by atoms with Crippen molar-refractivity contribution in [2.75, 3.05) is 14.1 Å². The molecule has 1 atom stereocenters. The van der Waals surface area contributed by atoms with Crippen LogP contribution >= 0.6 is 12.2 Å². The molecule has 0 saturated heterocycles. The Labute approximate surface area is 80.5 Å². The van der Waals surface area contributed by atoms with E-state index in [1.165, 1.54) is 9.58 Å². The fraction of sp³-hybridized carbons (Fsp3) is 0.667.